The maximum atomic E-state index is 12.7. The molecule has 6 heteroatoms. The van der Waals surface area contributed by atoms with Gasteiger partial charge in [-0.15, -0.1) is 0 Å². The number of nitrogens with zero attached hydrogens (tertiary/aromatic N) is 2. The highest BCUT2D eigenvalue weighted by Crippen LogP contribution is 2.22. The molecule has 6 nitrogen and oxygen atoms in total. The van der Waals surface area contributed by atoms with Crippen LogP contribution >= 0.6 is 0 Å². The lowest BCUT2D eigenvalue weighted by Crippen LogP contribution is -2.43. The summed E-state index contributed by atoms with van der Waals surface area (Å²) in [6.07, 6.45) is 1.56. The first-order chi connectivity index (χ1) is 12.1. The molecule has 0 aliphatic carbocycles. The molecule has 1 aliphatic heterocycles. The smallest absolute Gasteiger partial charge is 0.310 e. The average Bonchev–Trinajstić information content (AvgIpc) is 3.12. The third-order valence-corrected chi connectivity index (χ3v) is 4.48. The van der Waals surface area contributed by atoms with E-state index in [-0.39, 0.29) is 17.8 Å². The third-order valence-electron chi connectivity index (χ3n) is 4.48. The van der Waals surface area contributed by atoms with Crippen molar-refractivity contribution in [3.8, 4) is 11.3 Å². The van der Waals surface area contributed by atoms with E-state index in [9.17, 15) is 9.59 Å². The van der Waals surface area contributed by atoms with Gasteiger partial charge in [0.25, 0.3) is 5.91 Å². The van der Waals surface area contributed by atoms with E-state index in [0.717, 1.165) is 24.1 Å². The number of carbonyl (C=O) groups excluding carboxylic acids is 2. The number of rotatable bonds is 4. The van der Waals surface area contributed by atoms with Crippen molar-refractivity contribution >= 4 is 11.9 Å². The number of ether oxygens (including phenoxy) is 1. The van der Waals surface area contributed by atoms with E-state index in [1.54, 1.807) is 17.9 Å². The second kappa shape index (κ2) is 7.51. The lowest BCUT2D eigenvalue weighted by Gasteiger charge is -2.31. The van der Waals surface area contributed by atoms with Gasteiger partial charge in [-0.05, 0) is 32.8 Å². The summed E-state index contributed by atoms with van der Waals surface area (Å²) in [7, 11) is 0. The topological polar surface area (TPSA) is 75.3 Å². The Kier molecular flexibility index (Phi) is 5.16. The van der Waals surface area contributed by atoms with Gasteiger partial charge in [-0.3, -0.25) is 14.7 Å². The summed E-state index contributed by atoms with van der Waals surface area (Å²) in [5, 5.41) is 7.08. The molecule has 0 bridgehead atoms. The first kappa shape index (κ1) is 17.2. The molecule has 1 atom stereocenters. The van der Waals surface area contributed by atoms with Crippen molar-refractivity contribution in [3.63, 3.8) is 0 Å². The van der Waals surface area contributed by atoms with Gasteiger partial charge in [0.15, 0.2) is 0 Å². The summed E-state index contributed by atoms with van der Waals surface area (Å²) in [6.45, 7) is 5.23. The molecule has 1 saturated heterocycles. The van der Waals surface area contributed by atoms with E-state index in [1.165, 1.54) is 5.56 Å². The number of amides is 1. The van der Waals surface area contributed by atoms with Crippen LogP contribution in [0.15, 0.2) is 30.3 Å². The molecule has 0 radical (unpaired) electrons. The second-order valence-electron chi connectivity index (χ2n) is 6.38. The van der Waals surface area contributed by atoms with Crippen LogP contribution in [0.2, 0.25) is 0 Å². The highest BCUT2D eigenvalue weighted by molar-refractivity contribution is 5.93. The van der Waals surface area contributed by atoms with Crippen LogP contribution in [-0.4, -0.2) is 46.7 Å². The molecule has 0 saturated carbocycles. The summed E-state index contributed by atoms with van der Waals surface area (Å²) in [5.74, 6) is -0.582. The number of carbonyl (C=O) groups is 2. The van der Waals surface area contributed by atoms with Gasteiger partial charge in [-0.2, -0.15) is 5.10 Å². The van der Waals surface area contributed by atoms with Gasteiger partial charge in [0.2, 0.25) is 0 Å². The van der Waals surface area contributed by atoms with Crippen LogP contribution in [0.4, 0.5) is 0 Å². The molecule has 25 heavy (non-hydrogen) atoms. The SMILES string of the molecule is CCOC(=O)[C@@H]1CCCN(C(=O)c2cc(-c3ccc(C)cc3)n[nH]2)C1. The maximum absolute atomic E-state index is 12.7. The minimum Gasteiger partial charge on any atom is -0.466 e. The van der Waals surface area contributed by atoms with E-state index >= 15 is 0 Å². The zero-order chi connectivity index (χ0) is 17.8. The second-order valence-corrected chi connectivity index (χ2v) is 6.38. The summed E-state index contributed by atoms with van der Waals surface area (Å²) in [5.41, 5.74) is 3.32. The average molecular weight is 341 g/mol. The van der Waals surface area contributed by atoms with E-state index in [1.807, 2.05) is 31.2 Å². The van der Waals surface area contributed by atoms with Gasteiger partial charge in [0.05, 0.1) is 18.2 Å². The number of esters is 1. The Balaban J connectivity index is 1.70. The molecule has 2 aromatic rings. The van der Waals surface area contributed by atoms with Gasteiger partial charge in [-0.25, -0.2) is 0 Å². The number of hydrogen-bond donors (Lipinski definition) is 1. The zero-order valence-corrected chi connectivity index (χ0v) is 14.6. The zero-order valence-electron chi connectivity index (χ0n) is 14.6. The third kappa shape index (κ3) is 3.90. The van der Waals surface area contributed by atoms with Crippen molar-refractivity contribution in [2.24, 2.45) is 5.92 Å². The number of likely N-dealkylation sites (tertiary alicyclic amines) is 1. The number of H-pyrrole nitrogens is 1. The monoisotopic (exact) mass is 341 g/mol. The van der Waals surface area contributed by atoms with Crippen LogP contribution < -0.4 is 0 Å². The molecule has 0 spiro atoms. The largest absolute Gasteiger partial charge is 0.466 e. The van der Waals surface area contributed by atoms with Gasteiger partial charge in [0.1, 0.15) is 5.69 Å². The van der Waals surface area contributed by atoms with Crippen molar-refractivity contribution in [1.29, 1.82) is 0 Å². The van der Waals surface area contributed by atoms with E-state index < -0.39 is 0 Å². The molecule has 132 valence electrons. The molecule has 0 unspecified atom stereocenters. The standard InChI is InChI=1S/C19H23N3O3/c1-3-25-19(24)15-5-4-10-22(12-15)18(23)17-11-16(20-21-17)14-8-6-13(2)7-9-14/h6-9,11,15H,3-5,10,12H2,1-2H3,(H,20,21)/t15-/m1/s1. The Morgan fingerprint density at radius 2 is 2.08 bits per heavy atom. The van der Waals surface area contributed by atoms with Crippen molar-refractivity contribution in [1.82, 2.24) is 15.1 Å². The number of nitrogens with one attached hydrogen (secondary N) is 1. The number of hydrogen-bond acceptors (Lipinski definition) is 4. The highest BCUT2D eigenvalue weighted by atomic mass is 16.5. The van der Waals surface area contributed by atoms with Gasteiger partial charge >= 0.3 is 5.97 Å². The molecular formula is C19H23N3O3. The predicted octanol–water partition coefficient (Wildman–Crippen LogP) is 2.80. The summed E-state index contributed by atoms with van der Waals surface area (Å²) in [6, 6.07) is 9.76. The van der Waals surface area contributed by atoms with Gasteiger partial charge < -0.3 is 9.64 Å². The normalized spacial score (nSPS) is 17.4. The van der Waals surface area contributed by atoms with Crippen molar-refractivity contribution in [3.05, 3.63) is 41.6 Å². The Bertz CT molecular complexity index is 752. The van der Waals surface area contributed by atoms with E-state index in [0.29, 0.717) is 25.4 Å². The lowest BCUT2D eigenvalue weighted by atomic mass is 9.98. The fourth-order valence-electron chi connectivity index (χ4n) is 3.09. The number of aryl methyl sites for hydroxylation is 1. The van der Waals surface area contributed by atoms with E-state index in [4.69, 9.17) is 4.74 Å². The van der Waals surface area contributed by atoms with Gasteiger partial charge in [0, 0.05) is 18.7 Å². The highest BCUT2D eigenvalue weighted by Gasteiger charge is 2.30. The molecule has 1 aromatic carbocycles. The fourth-order valence-corrected chi connectivity index (χ4v) is 3.09. The van der Waals surface area contributed by atoms with Crippen LogP contribution in [-0.2, 0) is 9.53 Å². The molecule has 1 amide bonds. The molecule has 1 N–H and O–H groups in total. The molecule has 2 heterocycles. The molecule has 1 fully saturated rings. The fraction of sp³-hybridized carbons (Fsp3) is 0.421. The molecule has 1 aliphatic rings. The molecular weight excluding hydrogens is 318 g/mol. The van der Waals surface area contributed by atoms with Crippen LogP contribution in [0.25, 0.3) is 11.3 Å². The first-order valence-electron chi connectivity index (χ1n) is 8.67. The molecule has 3 rings (SSSR count). The van der Waals surface area contributed by atoms with Crippen molar-refractivity contribution in [2.45, 2.75) is 26.7 Å². The first-order valence-corrected chi connectivity index (χ1v) is 8.67. The molecule has 1 aromatic heterocycles. The quantitative estimate of drug-likeness (QED) is 0.868. The minimum absolute atomic E-state index is 0.125. The predicted molar refractivity (Wildman–Crippen MR) is 94.0 cm³/mol. The van der Waals surface area contributed by atoms with Crippen LogP contribution in [0, 0.1) is 12.8 Å². The Hall–Kier alpha value is -2.63. The Morgan fingerprint density at radius 1 is 1.32 bits per heavy atom. The maximum Gasteiger partial charge on any atom is 0.310 e. The number of piperidine rings is 1. The Labute approximate surface area is 147 Å². The van der Waals surface area contributed by atoms with Gasteiger partial charge in [-0.1, -0.05) is 29.8 Å². The minimum atomic E-state index is -0.239. The van der Waals surface area contributed by atoms with Crippen LogP contribution in [0.1, 0.15) is 35.8 Å². The number of benzene rings is 1. The van der Waals surface area contributed by atoms with E-state index in [2.05, 4.69) is 10.2 Å². The summed E-state index contributed by atoms with van der Waals surface area (Å²) in [4.78, 5) is 26.4. The Morgan fingerprint density at radius 3 is 2.80 bits per heavy atom. The summed E-state index contributed by atoms with van der Waals surface area (Å²) < 4.78 is 5.09. The van der Waals surface area contributed by atoms with Crippen LogP contribution in [0.3, 0.4) is 0 Å². The van der Waals surface area contributed by atoms with Crippen molar-refractivity contribution in [2.75, 3.05) is 19.7 Å². The number of aromatic nitrogens is 2. The number of aromatic amines is 1. The van der Waals surface area contributed by atoms with Crippen LogP contribution in [0.5, 0.6) is 0 Å². The lowest BCUT2D eigenvalue weighted by molar-refractivity contribution is -0.149. The summed E-state index contributed by atoms with van der Waals surface area (Å²) >= 11 is 0. The van der Waals surface area contributed by atoms with Crippen molar-refractivity contribution < 1.29 is 14.3 Å².